The smallest absolute Gasteiger partial charge is 0.413 e. The number of carbonyl (C=O) groups excluding carboxylic acids is 4. The van der Waals surface area contributed by atoms with E-state index >= 15 is 0 Å². The first-order valence-corrected chi connectivity index (χ1v) is 8.31. The van der Waals surface area contributed by atoms with Gasteiger partial charge in [-0.2, -0.15) is 0 Å². The molecule has 1 aliphatic heterocycles. The SMILES string of the molecule is COC(=O)NC(=O)[C@@H](C)OC(=O)[C@H]1CC(=O)N(c2cc(C)ccc2OC)C1. The third kappa shape index (κ3) is 4.75. The van der Waals surface area contributed by atoms with Gasteiger partial charge in [0.2, 0.25) is 5.91 Å². The Bertz CT molecular complexity index is 762. The summed E-state index contributed by atoms with van der Waals surface area (Å²) in [7, 11) is 2.61. The first kappa shape index (κ1) is 20.2. The molecule has 1 aromatic carbocycles. The van der Waals surface area contributed by atoms with Crippen molar-refractivity contribution in [3.63, 3.8) is 0 Å². The van der Waals surface area contributed by atoms with Crippen LogP contribution in [0.25, 0.3) is 0 Å². The molecule has 0 unspecified atom stereocenters. The lowest BCUT2D eigenvalue weighted by Crippen LogP contribution is -2.40. The molecule has 9 heteroatoms. The fourth-order valence-electron chi connectivity index (χ4n) is 2.69. The molecule has 1 saturated heterocycles. The van der Waals surface area contributed by atoms with E-state index in [9.17, 15) is 19.2 Å². The fourth-order valence-corrected chi connectivity index (χ4v) is 2.69. The van der Waals surface area contributed by atoms with E-state index in [4.69, 9.17) is 9.47 Å². The molecular weight excluding hydrogens is 356 g/mol. The summed E-state index contributed by atoms with van der Waals surface area (Å²) >= 11 is 0. The third-order valence-electron chi connectivity index (χ3n) is 4.16. The molecule has 1 N–H and O–H groups in total. The Hall–Kier alpha value is -3.10. The minimum Gasteiger partial charge on any atom is -0.495 e. The molecule has 1 fully saturated rings. The normalized spacial score (nSPS) is 17.3. The van der Waals surface area contributed by atoms with Crippen LogP contribution in [0.1, 0.15) is 18.9 Å². The number of anilines is 1. The van der Waals surface area contributed by atoms with E-state index in [1.54, 1.807) is 12.1 Å². The first-order chi connectivity index (χ1) is 12.8. The number of nitrogens with zero attached hydrogens (tertiary/aromatic N) is 1. The molecule has 2 atom stereocenters. The molecule has 0 aromatic heterocycles. The van der Waals surface area contributed by atoms with E-state index in [1.807, 2.05) is 18.3 Å². The van der Waals surface area contributed by atoms with E-state index in [-0.39, 0.29) is 18.9 Å². The molecule has 1 heterocycles. The first-order valence-electron chi connectivity index (χ1n) is 8.31. The maximum Gasteiger partial charge on any atom is 0.413 e. The van der Waals surface area contributed by atoms with Gasteiger partial charge in [0, 0.05) is 13.0 Å². The lowest BCUT2D eigenvalue weighted by Gasteiger charge is -2.20. The number of hydrogen-bond donors (Lipinski definition) is 1. The summed E-state index contributed by atoms with van der Waals surface area (Å²) in [6.45, 7) is 3.33. The Morgan fingerprint density at radius 2 is 1.96 bits per heavy atom. The van der Waals surface area contributed by atoms with E-state index < -0.39 is 30.0 Å². The van der Waals surface area contributed by atoms with Gasteiger partial charge >= 0.3 is 12.1 Å². The van der Waals surface area contributed by atoms with Crippen LogP contribution in [-0.4, -0.2) is 50.7 Å². The van der Waals surface area contributed by atoms with Crippen LogP contribution in [0.15, 0.2) is 18.2 Å². The molecule has 3 amide bonds. The second-order valence-corrected chi connectivity index (χ2v) is 6.14. The molecule has 0 bridgehead atoms. The van der Waals surface area contributed by atoms with Crippen LogP contribution < -0.4 is 15.0 Å². The van der Waals surface area contributed by atoms with Gasteiger partial charge in [-0.15, -0.1) is 0 Å². The Balaban J connectivity index is 2.04. The molecule has 27 heavy (non-hydrogen) atoms. The quantitative estimate of drug-likeness (QED) is 0.766. The van der Waals surface area contributed by atoms with Crippen molar-refractivity contribution in [3.05, 3.63) is 23.8 Å². The number of nitrogens with one attached hydrogen (secondary N) is 1. The van der Waals surface area contributed by atoms with Crippen molar-refractivity contribution in [1.29, 1.82) is 0 Å². The van der Waals surface area contributed by atoms with Crippen molar-refractivity contribution < 1.29 is 33.4 Å². The molecule has 9 nitrogen and oxygen atoms in total. The highest BCUT2D eigenvalue weighted by molar-refractivity contribution is 6.01. The van der Waals surface area contributed by atoms with Crippen LogP contribution >= 0.6 is 0 Å². The van der Waals surface area contributed by atoms with Crippen molar-refractivity contribution in [2.45, 2.75) is 26.4 Å². The van der Waals surface area contributed by atoms with Gasteiger partial charge in [-0.25, -0.2) is 4.79 Å². The number of aryl methyl sites for hydroxylation is 1. The number of imide groups is 1. The summed E-state index contributed by atoms with van der Waals surface area (Å²) in [5, 5.41) is 1.92. The van der Waals surface area contributed by atoms with E-state index in [2.05, 4.69) is 4.74 Å². The minimum absolute atomic E-state index is 0.0404. The Kier molecular flexibility index (Phi) is 6.38. The number of amides is 3. The molecule has 0 spiro atoms. The summed E-state index contributed by atoms with van der Waals surface area (Å²) in [5.74, 6) is -1.95. The molecule has 1 aromatic rings. The summed E-state index contributed by atoms with van der Waals surface area (Å²) in [6, 6.07) is 5.41. The van der Waals surface area contributed by atoms with Crippen LogP contribution in [-0.2, 0) is 23.9 Å². The molecule has 2 rings (SSSR count). The zero-order chi connectivity index (χ0) is 20.1. The van der Waals surface area contributed by atoms with Crippen molar-refractivity contribution in [1.82, 2.24) is 5.32 Å². The highest BCUT2D eigenvalue weighted by Crippen LogP contribution is 2.34. The molecule has 1 aliphatic rings. The number of esters is 1. The largest absolute Gasteiger partial charge is 0.495 e. The lowest BCUT2D eigenvalue weighted by molar-refractivity contribution is -0.158. The Labute approximate surface area is 156 Å². The van der Waals surface area contributed by atoms with Crippen molar-refractivity contribution in [3.8, 4) is 5.75 Å². The number of ether oxygens (including phenoxy) is 3. The Morgan fingerprint density at radius 3 is 2.59 bits per heavy atom. The van der Waals surface area contributed by atoms with Crippen molar-refractivity contribution in [2.75, 3.05) is 25.7 Å². The van der Waals surface area contributed by atoms with Gasteiger partial charge in [0.25, 0.3) is 5.91 Å². The second-order valence-electron chi connectivity index (χ2n) is 6.14. The summed E-state index contributed by atoms with van der Waals surface area (Å²) in [4.78, 5) is 49.0. The number of hydrogen-bond acceptors (Lipinski definition) is 7. The Morgan fingerprint density at radius 1 is 1.26 bits per heavy atom. The van der Waals surface area contributed by atoms with Gasteiger partial charge < -0.3 is 19.1 Å². The standard InChI is InChI=1S/C18H22N2O7/c1-10-5-6-14(25-3)13(7-10)20-9-12(8-15(20)21)17(23)27-11(2)16(22)19-18(24)26-4/h5-7,11-12H,8-9H2,1-4H3,(H,19,22,24)/t11-,12+/m1/s1. The summed E-state index contributed by atoms with van der Waals surface area (Å²) in [5.41, 5.74) is 1.52. The van der Waals surface area contributed by atoms with Gasteiger partial charge in [-0.3, -0.25) is 19.7 Å². The monoisotopic (exact) mass is 378 g/mol. The van der Waals surface area contributed by atoms with E-state index in [1.165, 1.54) is 18.9 Å². The van der Waals surface area contributed by atoms with Crippen LogP contribution in [0.3, 0.4) is 0 Å². The zero-order valence-electron chi connectivity index (χ0n) is 15.6. The highest BCUT2D eigenvalue weighted by atomic mass is 16.6. The summed E-state index contributed by atoms with van der Waals surface area (Å²) in [6.07, 6.45) is -2.19. The predicted octanol–water partition coefficient (Wildman–Crippen LogP) is 1.17. The van der Waals surface area contributed by atoms with Crippen LogP contribution in [0.4, 0.5) is 10.5 Å². The van der Waals surface area contributed by atoms with Crippen LogP contribution in [0.5, 0.6) is 5.75 Å². The number of carbonyl (C=O) groups is 4. The molecule has 0 saturated carbocycles. The number of benzene rings is 1. The summed E-state index contributed by atoms with van der Waals surface area (Å²) < 4.78 is 14.7. The minimum atomic E-state index is -1.20. The van der Waals surface area contributed by atoms with Gasteiger partial charge in [0.05, 0.1) is 25.8 Å². The van der Waals surface area contributed by atoms with Crippen LogP contribution in [0.2, 0.25) is 0 Å². The van der Waals surface area contributed by atoms with Gasteiger partial charge in [-0.1, -0.05) is 6.07 Å². The predicted molar refractivity (Wildman–Crippen MR) is 94.3 cm³/mol. The zero-order valence-corrected chi connectivity index (χ0v) is 15.6. The van der Waals surface area contributed by atoms with Crippen molar-refractivity contribution in [2.24, 2.45) is 5.92 Å². The number of methoxy groups -OCH3 is 2. The number of alkyl carbamates (subject to hydrolysis) is 1. The molecule has 0 aliphatic carbocycles. The van der Waals surface area contributed by atoms with Crippen molar-refractivity contribution >= 4 is 29.6 Å². The lowest BCUT2D eigenvalue weighted by atomic mass is 10.1. The maximum atomic E-state index is 12.4. The van der Waals surface area contributed by atoms with E-state index in [0.29, 0.717) is 11.4 Å². The van der Waals surface area contributed by atoms with Gasteiger partial charge in [-0.05, 0) is 31.5 Å². The molecule has 146 valence electrons. The highest BCUT2D eigenvalue weighted by Gasteiger charge is 2.38. The third-order valence-corrected chi connectivity index (χ3v) is 4.16. The average Bonchev–Trinajstić information content (AvgIpc) is 3.03. The number of rotatable bonds is 5. The maximum absolute atomic E-state index is 12.4. The topological polar surface area (TPSA) is 111 Å². The van der Waals surface area contributed by atoms with Crippen LogP contribution in [0, 0.1) is 12.8 Å². The average molecular weight is 378 g/mol. The van der Waals surface area contributed by atoms with Gasteiger partial charge in [0.1, 0.15) is 5.75 Å². The molecule has 0 radical (unpaired) electrons. The van der Waals surface area contributed by atoms with E-state index in [0.717, 1.165) is 12.7 Å². The fraction of sp³-hybridized carbons (Fsp3) is 0.444. The molecular formula is C18H22N2O7. The van der Waals surface area contributed by atoms with Gasteiger partial charge in [0.15, 0.2) is 6.10 Å². The second kappa shape index (κ2) is 8.52.